The van der Waals surface area contributed by atoms with Gasteiger partial charge in [-0.2, -0.15) is 0 Å². The number of aliphatic hydroxyl groups excluding tert-OH is 1. The van der Waals surface area contributed by atoms with Crippen molar-refractivity contribution >= 4 is 5.69 Å². The fraction of sp³-hybridized carbons (Fsp3) is 0.400. The lowest BCUT2D eigenvalue weighted by molar-refractivity contribution is 0.311. The zero-order chi connectivity index (χ0) is 10.4. The molecule has 4 nitrogen and oxygen atoms in total. The van der Waals surface area contributed by atoms with Gasteiger partial charge in [-0.1, -0.05) is 6.07 Å². The van der Waals surface area contributed by atoms with E-state index in [1.54, 1.807) is 7.11 Å². The topological polar surface area (TPSA) is 67.5 Å². The number of aliphatic hydroxyl groups is 1. The van der Waals surface area contributed by atoms with Gasteiger partial charge < -0.3 is 20.9 Å². The molecule has 0 heterocycles. The largest absolute Gasteiger partial charge is 0.497 e. The van der Waals surface area contributed by atoms with E-state index in [-0.39, 0.29) is 6.61 Å². The number of anilines is 1. The molecule has 0 aromatic heterocycles. The normalized spacial score (nSPS) is 9.93. The SMILES string of the molecule is COc1ccc(CN)c(NCCO)c1. The van der Waals surface area contributed by atoms with Crippen LogP contribution >= 0.6 is 0 Å². The minimum Gasteiger partial charge on any atom is -0.497 e. The Labute approximate surface area is 83.7 Å². The van der Waals surface area contributed by atoms with Crippen molar-refractivity contribution in [1.29, 1.82) is 0 Å². The summed E-state index contributed by atoms with van der Waals surface area (Å²) in [5, 5.41) is 11.8. The van der Waals surface area contributed by atoms with Crippen molar-refractivity contribution in [3.8, 4) is 5.75 Å². The van der Waals surface area contributed by atoms with Gasteiger partial charge in [0.2, 0.25) is 0 Å². The average Bonchev–Trinajstić information content (AvgIpc) is 2.25. The van der Waals surface area contributed by atoms with Crippen LogP contribution in [0.25, 0.3) is 0 Å². The van der Waals surface area contributed by atoms with Crippen molar-refractivity contribution in [1.82, 2.24) is 0 Å². The summed E-state index contributed by atoms with van der Waals surface area (Å²) < 4.78 is 5.09. The van der Waals surface area contributed by atoms with Crippen molar-refractivity contribution in [2.24, 2.45) is 5.73 Å². The van der Waals surface area contributed by atoms with Gasteiger partial charge in [0.1, 0.15) is 5.75 Å². The van der Waals surface area contributed by atoms with Crippen LogP contribution in [-0.2, 0) is 6.54 Å². The van der Waals surface area contributed by atoms with Crippen molar-refractivity contribution < 1.29 is 9.84 Å². The molecule has 1 aromatic carbocycles. The Kier molecular flexibility index (Phi) is 4.22. The highest BCUT2D eigenvalue weighted by Gasteiger charge is 2.01. The number of methoxy groups -OCH3 is 1. The fourth-order valence-electron chi connectivity index (χ4n) is 1.22. The van der Waals surface area contributed by atoms with Crippen LogP contribution in [0.4, 0.5) is 5.69 Å². The third-order valence-electron chi connectivity index (χ3n) is 1.96. The van der Waals surface area contributed by atoms with Gasteiger partial charge in [-0.25, -0.2) is 0 Å². The summed E-state index contributed by atoms with van der Waals surface area (Å²) in [5.41, 5.74) is 7.50. The Bertz CT molecular complexity index is 289. The summed E-state index contributed by atoms with van der Waals surface area (Å²) in [5.74, 6) is 0.780. The van der Waals surface area contributed by atoms with E-state index in [2.05, 4.69) is 5.32 Å². The molecule has 4 N–H and O–H groups in total. The zero-order valence-corrected chi connectivity index (χ0v) is 8.29. The highest BCUT2D eigenvalue weighted by molar-refractivity contribution is 5.55. The van der Waals surface area contributed by atoms with E-state index in [0.29, 0.717) is 13.1 Å². The third kappa shape index (κ3) is 2.61. The van der Waals surface area contributed by atoms with Crippen LogP contribution in [0.5, 0.6) is 5.75 Å². The van der Waals surface area contributed by atoms with Gasteiger partial charge in [-0.15, -0.1) is 0 Å². The molecule has 78 valence electrons. The van der Waals surface area contributed by atoms with Gasteiger partial charge in [-0.05, 0) is 11.6 Å². The maximum absolute atomic E-state index is 8.69. The van der Waals surface area contributed by atoms with Crippen molar-refractivity contribution in [3.05, 3.63) is 23.8 Å². The summed E-state index contributed by atoms with van der Waals surface area (Å²) in [6, 6.07) is 5.66. The van der Waals surface area contributed by atoms with Crippen molar-refractivity contribution in [2.45, 2.75) is 6.54 Å². The van der Waals surface area contributed by atoms with E-state index in [0.717, 1.165) is 17.0 Å². The molecule has 0 aliphatic heterocycles. The second-order valence-electron chi connectivity index (χ2n) is 2.88. The van der Waals surface area contributed by atoms with Gasteiger partial charge in [0, 0.05) is 24.8 Å². The second kappa shape index (κ2) is 5.47. The lowest BCUT2D eigenvalue weighted by Gasteiger charge is -2.11. The first-order valence-electron chi connectivity index (χ1n) is 4.53. The molecule has 0 radical (unpaired) electrons. The number of nitrogens with one attached hydrogen (secondary N) is 1. The van der Waals surface area contributed by atoms with E-state index in [1.165, 1.54) is 0 Å². The third-order valence-corrected chi connectivity index (χ3v) is 1.96. The molecule has 0 unspecified atom stereocenters. The summed E-state index contributed by atoms with van der Waals surface area (Å²) in [7, 11) is 1.62. The number of benzene rings is 1. The fourth-order valence-corrected chi connectivity index (χ4v) is 1.22. The number of hydrogen-bond acceptors (Lipinski definition) is 4. The molecule has 1 aromatic rings. The van der Waals surface area contributed by atoms with Crippen LogP contribution in [0, 0.1) is 0 Å². The molecule has 0 amide bonds. The van der Waals surface area contributed by atoms with E-state index < -0.39 is 0 Å². The van der Waals surface area contributed by atoms with Gasteiger partial charge in [0.05, 0.1) is 13.7 Å². The van der Waals surface area contributed by atoms with Gasteiger partial charge in [0.25, 0.3) is 0 Å². The monoisotopic (exact) mass is 196 g/mol. The first-order chi connectivity index (χ1) is 6.81. The molecule has 14 heavy (non-hydrogen) atoms. The Morgan fingerprint density at radius 1 is 1.50 bits per heavy atom. The minimum atomic E-state index is 0.0984. The Morgan fingerprint density at radius 2 is 2.29 bits per heavy atom. The Hall–Kier alpha value is -1.26. The first-order valence-corrected chi connectivity index (χ1v) is 4.53. The second-order valence-corrected chi connectivity index (χ2v) is 2.88. The van der Waals surface area contributed by atoms with Crippen molar-refractivity contribution in [2.75, 3.05) is 25.6 Å². The van der Waals surface area contributed by atoms with Crippen LogP contribution in [-0.4, -0.2) is 25.4 Å². The quantitative estimate of drug-likeness (QED) is 0.643. The summed E-state index contributed by atoms with van der Waals surface area (Å²) in [6.07, 6.45) is 0. The highest BCUT2D eigenvalue weighted by Crippen LogP contribution is 2.21. The predicted octanol–water partition coefficient (Wildman–Crippen LogP) is 0.558. The van der Waals surface area contributed by atoms with Crippen molar-refractivity contribution in [3.63, 3.8) is 0 Å². The average molecular weight is 196 g/mol. The van der Waals surface area contributed by atoms with Crippen LogP contribution in [0.1, 0.15) is 5.56 Å². The molecule has 0 atom stereocenters. The molecule has 4 heteroatoms. The molecule has 1 rings (SSSR count). The molecule has 0 spiro atoms. The number of nitrogens with two attached hydrogens (primary N) is 1. The first kappa shape index (κ1) is 10.8. The molecule has 0 aliphatic carbocycles. The minimum absolute atomic E-state index is 0.0984. The molecule has 0 bridgehead atoms. The Balaban J connectivity index is 2.84. The molecule has 0 fully saturated rings. The van der Waals surface area contributed by atoms with Gasteiger partial charge >= 0.3 is 0 Å². The summed E-state index contributed by atoms with van der Waals surface area (Å²) in [4.78, 5) is 0. The van der Waals surface area contributed by atoms with Crippen LogP contribution in [0.3, 0.4) is 0 Å². The maximum atomic E-state index is 8.69. The van der Waals surface area contributed by atoms with Crippen LogP contribution in [0.15, 0.2) is 18.2 Å². The standard InChI is InChI=1S/C10H16N2O2/c1-14-9-3-2-8(7-11)10(6-9)12-4-5-13/h2-3,6,12-13H,4-5,7,11H2,1H3. The molecular formula is C10H16N2O2. The summed E-state index contributed by atoms with van der Waals surface area (Å²) >= 11 is 0. The number of hydrogen-bond donors (Lipinski definition) is 3. The van der Waals surface area contributed by atoms with Crippen LogP contribution in [0.2, 0.25) is 0 Å². The molecule has 0 aliphatic rings. The summed E-state index contributed by atoms with van der Waals surface area (Å²) in [6.45, 7) is 1.08. The van der Waals surface area contributed by atoms with Crippen LogP contribution < -0.4 is 15.8 Å². The van der Waals surface area contributed by atoms with E-state index in [4.69, 9.17) is 15.6 Å². The highest BCUT2D eigenvalue weighted by atomic mass is 16.5. The van der Waals surface area contributed by atoms with Gasteiger partial charge in [-0.3, -0.25) is 0 Å². The van der Waals surface area contributed by atoms with E-state index in [9.17, 15) is 0 Å². The van der Waals surface area contributed by atoms with E-state index in [1.807, 2.05) is 18.2 Å². The maximum Gasteiger partial charge on any atom is 0.120 e. The zero-order valence-electron chi connectivity index (χ0n) is 8.29. The predicted molar refractivity (Wildman–Crippen MR) is 56.5 cm³/mol. The lowest BCUT2D eigenvalue weighted by atomic mass is 10.1. The molecular weight excluding hydrogens is 180 g/mol. The Morgan fingerprint density at radius 3 is 2.86 bits per heavy atom. The number of ether oxygens (including phenoxy) is 1. The molecule has 0 saturated carbocycles. The van der Waals surface area contributed by atoms with Gasteiger partial charge in [0.15, 0.2) is 0 Å². The smallest absolute Gasteiger partial charge is 0.120 e. The number of rotatable bonds is 5. The molecule has 0 saturated heterocycles. The lowest BCUT2D eigenvalue weighted by Crippen LogP contribution is -2.09. The van der Waals surface area contributed by atoms with E-state index >= 15 is 0 Å².